The van der Waals surface area contributed by atoms with Crippen molar-refractivity contribution >= 4 is 96.0 Å². The summed E-state index contributed by atoms with van der Waals surface area (Å²) in [6.07, 6.45) is 4.55. The van der Waals surface area contributed by atoms with Crippen molar-refractivity contribution in [3.63, 3.8) is 0 Å². The van der Waals surface area contributed by atoms with Crippen LogP contribution in [0, 0.1) is 0 Å². The Bertz CT molecular complexity index is 4710. The predicted octanol–water partition coefficient (Wildman–Crippen LogP) is 23.2. The van der Waals surface area contributed by atoms with Crippen LogP contribution in [-0.2, 0) is 37.9 Å². The van der Waals surface area contributed by atoms with Crippen LogP contribution in [0.4, 0.5) is 45.5 Å². The number of hydrogen-bond donors (Lipinski definition) is 0. The molecule has 0 unspecified atom stereocenters. The van der Waals surface area contributed by atoms with Gasteiger partial charge in [-0.25, -0.2) is 0 Å². The highest BCUT2D eigenvalue weighted by Crippen LogP contribution is 2.57. The van der Waals surface area contributed by atoms with Gasteiger partial charge < -0.3 is 19.0 Å². The summed E-state index contributed by atoms with van der Waals surface area (Å²) in [6, 6.07) is 73.5. The molecule has 0 spiro atoms. The molecule has 3 heterocycles. The number of benzene rings is 10. The molecule has 2 aliphatic carbocycles. The molecule has 0 amide bonds. The van der Waals surface area contributed by atoms with Gasteiger partial charge in [-0.2, -0.15) is 0 Å². The van der Waals surface area contributed by atoms with Crippen LogP contribution in [0.25, 0.3) is 55.0 Å². The Hall–Kier alpha value is -8.28. The van der Waals surface area contributed by atoms with Crippen LogP contribution in [0.5, 0.6) is 0 Å². The normalized spacial score (nSPS) is 17.0. The average molecular weight is 1190 g/mol. The van der Waals surface area contributed by atoms with E-state index in [1.165, 1.54) is 99.7 Å². The third-order valence-corrected chi connectivity index (χ3v) is 22.0. The molecule has 0 fully saturated rings. The van der Waals surface area contributed by atoms with Gasteiger partial charge in [-0.3, -0.25) is 0 Å². The third kappa shape index (κ3) is 9.43. The van der Waals surface area contributed by atoms with Crippen molar-refractivity contribution in [1.82, 2.24) is 0 Å². The van der Waals surface area contributed by atoms with Crippen molar-refractivity contribution in [3.05, 3.63) is 227 Å². The molecule has 4 nitrogen and oxygen atoms in total. The third-order valence-electron chi connectivity index (χ3n) is 22.0. The Balaban J connectivity index is 1.08. The fourth-order valence-electron chi connectivity index (χ4n) is 16.2. The molecular weight excluding hydrogens is 1100 g/mol. The standard InChI is InChI=1S/C86H90BN3O/c1-80(2,3)55-27-32-58(33-28-55)88(59-34-29-56(30-35-59)81(4,5)6)60-37-42-73-66(49-60)76-62-26-22-21-25-54(62)47-74-77(76)87(90(73)61-36-39-67-68(50-61)84(12,13)44-43-83(67,10)11)71-40-38-63-65-51-69-70(86(16,17)46-45-85(69,14)15)52-75(65)91-79(63)78(71)89(74)72-41-31-57(82(7,8)9)48-64(72)53-23-19-18-20-24-53/h18-42,47-52H,43-46H2,1-17H3. The Morgan fingerprint density at radius 1 is 0.418 bits per heavy atom. The molecule has 15 rings (SSSR count). The zero-order valence-electron chi connectivity index (χ0n) is 57.1. The number of nitrogens with zero attached hydrogens (tertiary/aromatic N) is 3. The molecule has 91 heavy (non-hydrogen) atoms. The Morgan fingerprint density at radius 2 is 0.956 bits per heavy atom. The van der Waals surface area contributed by atoms with Crippen molar-refractivity contribution in [2.24, 2.45) is 0 Å². The molecular formula is C86H90BN3O. The predicted molar refractivity (Wildman–Crippen MR) is 392 cm³/mol. The van der Waals surface area contributed by atoms with Crippen molar-refractivity contribution in [1.29, 1.82) is 0 Å². The molecule has 0 bridgehead atoms. The lowest BCUT2D eigenvalue weighted by Gasteiger charge is -2.47. The SMILES string of the molecule is CC(C)(C)c1ccc(N(c2ccc(C(C)(C)C)cc2)c2ccc3c(c2)-c2c4c(cc5ccccc25)N(c2ccc(C(C)(C)C)cc2-c2ccccc2)c2c(ccc5c2oc2cc6c(cc25)C(C)(C)CCC6(C)C)B4N3c2ccc3c(c2)C(C)(C)CCC3(C)C)cc1. The summed E-state index contributed by atoms with van der Waals surface area (Å²) in [7, 11) is 0. The minimum atomic E-state index is -0.263. The van der Waals surface area contributed by atoms with E-state index < -0.39 is 0 Å². The summed E-state index contributed by atoms with van der Waals surface area (Å²) in [5, 5.41) is 4.76. The van der Waals surface area contributed by atoms with Crippen LogP contribution in [0.15, 0.2) is 192 Å². The molecule has 0 radical (unpaired) electrons. The summed E-state index contributed by atoms with van der Waals surface area (Å²) < 4.78 is 7.74. The summed E-state index contributed by atoms with van der Waals surface area (Å²) in [5.74, 6) is 0. The molecule has 1 aromatic heterocycles. The Kier molecular flexibility index (Phi) is 13.1. The highest BCUT2D eigenvalue weighted by atomic mass is 16.3. The molecule has 5 heteroatoms. The van der Waals surface area contributed by atoms with Crippen LogP contribution < -0.4 is 25.5 Å². The van der Waals surface area contributed by atoms with E-state index in [1.807, 2.05) is 0 Å². The van der Waals surface area contributed by atoms with Gasteiger partial charge in [0.15, 0.2) is 5.58 Å². The summed E-state index contributed by atoms with van der Waals surface area (Å²) in [6.45, 7) is 40.2. The summed E-state index contributed by atoms with van der Waals surface area (Å²) in [5.41, 5.74) is 28.0. The smallest absolute Gasteiger partial charge is 0.333 e. The van der Waals surface area contributed by atoms with Gasteiger partial charge in [0.25, 0.3) is 0 Å². The van der Waals surface area contributed by atoms with Crippen molar-refractivity contribution in [3.8, 4) is 22.3 Å². The first-order valence-corrected chi connectivity index (χ1v) is 33.7. The van der Waals surface area contributed by atoms with E-state index in [0.717, 1.165) is 76.4 Å². The topological polar surface area (TPSA) is 22.9 Å². The molecule has 10 aromatic carbocycles. The van der Waals surface area contributed by atoms with Gasteiger partial charge in [-0.15, -0.1) is 0 Å². The Labute approximate surface area is 542 Å². The number of furan rings is 1. The number of fused-ring (bicyclic) bond motifs is 12. The number of hydrogen-bond acceptors (Lipinski definition) is 4. The van der Waals surface area contributed by atoms with Crippen molar-refractivity contribution in [2.45, 2.75) is 181 Å². The number of rotatable bonds is 6. The average Bonchev–Trinajstić information content (AvgIpc) is 1.52. The second-order valence-electron chi connectivity index (χ2n) is 33.1. The van der Waals surface area contributed by atoms with Crippen LogP contribution in [0.3, 0.4) is 0 Å². The molecule has 0 saturated heterocycles. The molecule has 0 atom stereocenters. The van der Waals surface area contributed by atoms with Gasteiger partial charge in [-0.05, 0) is 220 Å². The van der Waals surface area contributed by atoms with Crippen LogP contribution >= 0.6 is 0 Å². The number of anilines is 8. The van der Waals surface area contributed by atoms with E-state index in [4.69, 9.17) is 4.42 Å². The maximum atomic E-state index is 7.74. The maximum absolute atomic E-state index is 7.74. The fraction of sp³-hybridized carbons (Fsp3) is 0.326. The minimum Gasteiger partial charge on any atom is -0.454 e. The molecule has 0 N–H and O–H groups in total. The first-order chi connectivity index (χ1) is 43.0. The van der Waals surface area contributed by atoms with Gasteiger partial charge in [0.2, 0.25) is 0 Å². The maximum Gasteiger partial charge on any atom is 0.333 e. The van der Waals surface area contributed by atoms with E-state index in [0.29, 0.717) is 0 Å². The first kappa shape index (κ1) is 59.1. The molecule has 0 saturated carbocycles. The fourth-order valence-corrected chi connectivity index (χ4v) is 16.2. The highest BCUT2D eigenvalue weighted by Gasteiger charge is 2.49. The highest BCUT2D eigenvalue weighted by molar-refractivity contribution is 6.94. The molecule has 11 aromatic rings. The zero-order chi connectivity index (χ0) is 63.9. The summed E-state index contributed by atoms with van der Waals surface area (Å²) >= 11 is 0. The molecule has 458 valence electrons. The van der Waals surface area contributed by atoms with E-state index in [2.05, 4.69) is 320 Å². The lowest BCUT2D eigenvalue weighted by atomic mass is 9.43. The van der Waals surface area contributed by atoms with Gasteiger partial charge in [-0.1, -0.05) is 221 Å². The zero-order valence-corrected chi connectivity index (χ0v) is 57.1. The van der Waals surface area contributed by atoms with Crippen molar-refractivity contribution in [2.75, 3.05) is 14.6 Å². The van der Waals surface area contributed by atoms with Gasteiger partial charge in [0, 0.05) is 56.0 Å². The van der Waals surface area contributed by atoms with Gasteiger partial charge in [0.05, 0.1) is 11.4 Å². The van der Waals surface area contributed by atoms with E-state index in [1.54, 1.807) is 0 Å². The lowest BCUT2D eigenvalue weighted by molar-refractivity contribution is 0.332. The first-order valence-electron chi connectivity index (χ1n) is 33.7. The largest absolute Gasteiger partial charge is 0.454 e. The molecule has 2 aliphatic heterocycles. The lowest BCUT2D eigenvalue weighted by Crippen LogP contribution is -2.61. The van der Waals surface area contributed by atoms with Crippen LogP contribution in [0.2, 0.25) is 0 Å². The monoisotopic (exact) mass is 1190 g/mol. The second-order valence-corrected chi connectivity index (χ2v) is 33.1. The van der Waals surface area contributed by atoms with Gasteiger partial charge >= 0.3 is 6.85 Å². The van der Waals surface area contributed by atoms with Gasteiger partial charge in [0.1, 0.15) is 5.58 Å². The van der Waals surface area contributed by atoms with E-state index in [9.17, 15) is 0 Å². The van der Waals surface area contributed by atoms with E-state index in [-0.39, 0.29) is 44.8 Å². The second kappa shape index (κ2) is 20.1. The molecule has 4 aliphatic rings. The minimum absolute atomic E-state index is 0.00564. The van der Waals surface area contributed by atoms with Crippen LogP contribution in [0.1, 0.15) is 182 Å². The van der Waals surface area contributed by atoms with Crippen LogP contribution in [-0.4, -0.2) is 6.85 Å². The Morgan fingerprint density at radius 3 is 1.57 bits per heavy atom. The quantitative estimate of drug-likeness (QED) is 0.155. The van der Waals surface area contributed by atoms with E-state index >= 15 is 0 Å². The summed E-state index contributed by atoms with van der Waals surface area (Å²) in [4.78, 5) is 7.88. The van der Waals surface area contributed by atoms with Crippen molar-refractivity contribution < 1.29 is 4.42 Å².